The number of piperazine rings is 1. The van der Waals surface area contributed by atoms with E-state index in [4.69, 9.17) is 4.74 Å². The van der Waals surface area contributed by atoms with E-state index < -0.39 is 10.0 Å². The lowest BCUT2D eigenvalue weighted by Gasteiger charge is -2.41. The van der Waals surface area contributed by atoms with Crippen molar-refractivity contribution in [1.82, 2.24) is 9.21 Å². The van der Waals surface area contributed by atoms with E-state index in [-0.39, 0.29) is 6.04 Å². The Labute approximate surface area is 128 Å². The fourth-order valence-electron chi connectivity index (χ4n) is 4.02. The molecule has 0 aliphatic carbocycles. The van der Waals surface area contributed by atoms with E-state index in [9.17, 15) is 8.42 Å². The molecular weight excluding hydrogens is 288 g/mol. The molecule has 2 atom stereocenters. The molecule has 0 unspecified atom stereocenters. The number of ether oxygens (including phenoxy) is 1. The summed E-state index contributed by atoms with van der Waals surface area (Å²) >= 11 is 0. The fraction of sp³-hybridized carbons (Fsp3) is 1.00. The van der Waals surface area contributed by atoms with Crippen LogP contribution in [-0.4, -0.2) is 68.3 Å². The summed E-state index contributed by atoms with van der Waals surface area (Å²) in [4.78, 5) is 2.47. The molecule has 0 bridgehead atoms. The maximum absolute atomic E-state index is 12.7. The van der Waals surface area contributed by atoms with Gasteiger partial charge in [0.1, 0.15) is 0 Å². The third-order valence-electron chi connectivity index (χ3n) is 5.36. The van der Waals surface area contributed by atoms with Crippen LogP contribution in [0.2, 0.25) is 0 Å². The lowest BCUT2D eigenvalue weighted by molar-refractivity contribution is 0.0652. The Bertz CT molecular complexity index is 448. The first-order valence-corrected chi connectivity index (χ1v) is 9.98. The van der Waals surface area contributed by atoms with Crippen LogP contribution in [0.3, 0.4) is 0 Å². The number of rotatable bonds is 4. The van der Waals surface area contributed by atoms with Gasteiger partial charge in [-0.05, 0) is 51.5 Å². The standard InChI is InChI=1S/C15H28N2O3S/c1-13-11-16-7-2-3-15(16)12-17(13)21(18,19)10-6-14-4-8-20-9-5-14/h13-15H,2-12H2,1H3/t13-,15-/m1/s1. The predicted molar refractivity (Wildman–Crippen MR) is 82.7 cm³/mol. The number of nitrogens with zero attached hydrogens (tertiary/aromatic N) is 2. The van der Waals surface area contributed by atoms with E-state index in [1.807, 2.05) is 0 Å². The first-order chi connectivity index (χ1) is 10.1. The first kappa shape index (κ1) is 15.7. The molecule has 3 aliphatic rings. The van der Waals surface area contributed by atoms with E-state index in [0.29, 0.717) is 24.3 Å². The minimum absolute atomic E-state index is 0.124. The summed E-state index contributed by atoms with van der Waals surface area (Å²) in [7, 11) is -3.10. The van der Waals surface area contributed by atoms with Gasteiger partial charge in [-0.1, -0.05) is 0 Å². The highest BCUT2D eigenvalue weighted by Crippen LogP contribution is 2.27. The van der Waals surface area contributed by atoms with Crippen molar-refractivity contribution < 1.29 is 13.2 Å². The van der Waals surface area contributed by atoms with Gasteiger partial charge in [-0.25, -0.2) is 8.42 Å². The third-order valence-corrected chi connectivity index (χ3v) is 7.34. The highest BCUT2D eigenvalue weighted by Gasteiger charge is 2.39. The number of hydrogen-bond donors (Lipinski definition) is 0. The van der Waals surface area contributed by atoms with Crippen molar-refractivity contribution in [2.24, 2.45) is 5.92 Å². The van der Waals surface area contributed by atoms with Crippen LogP contribution in [0.1, 0.15) is 39.0 Å². The zero-order chi connectivity index (χ0) is 14.9. The van der Waals surface area contributed by atoms with E-state index in [2.05, 4.69) is 11.8 Å². The molecule has 122 valence electrons. The average molecular weight is 316 g/mol. The van der Waals surface area contributed by atoms with Gasteiger partial charge in [-0.15, -0.1) is 0 Å². The molecular formula is C15H28N2O3S. The second-order valence-electron chi connectivity index (χ2n) is 6.87. The number of fused-ring (bicyclic) bond motifs is 1. The topological polar surface area (TPSA) is 49.9 Å². The molecule has 3 fully saturated rings. The molecule has 0 N–H and O–H groups in total. The van der Waals surface area contributed by atoms with Crippen LogP contribution in [-0.2, 0) is 14.8 Å². The summed E-state index contributed by atoms with van der Waals surface area (Å²) in [6, 6.07) is 0.582. The van der Waals surface area contributed by atoms with Crippen molar-refractivity contribution in [3.05, 3.63) is 0 Å². The van der Waals surface area contributed by atoms with Gasteiger partial charge >= 0.3 is 0 Å². The van der Waals surface area contributed by atoms with Crippen molar-refractivity contribution in [3.8, 4) is 0 Å². The van der Waals surface area contributed by atoms with Gasteiger partial charge in [0.05, 0.1) is 5.75 Å². The smallest absolute Gasteiger partial charge is 0.214 e. The van der Waals surface area contributed by atoms with Gasteiger partial charge in [-0.3, -0.25) is 4.90 Å². The summed E-state index contributed by atoms with van der Waals surface area (Å²) in [5.74, 6) is 0.839. The first-order valence-electron chi connectivity index (χ1n) is 8.37. The van der Waals surface area contributed by atoms with E-state index in [1.165, 1.54) is 6.42 Å². The largest absolute Gasteiger partial charge is 0.381 e. The van der Waals surface area contributed by atoms with Crippen molar-refractivity contribution >= 4 is 10.0 Å². The van der Waals surface area contributed by atoms with Crippen LogP contribution in [0.4, 0.5) is 0 Å². The van der Waals surface area contributed by atoms with Crippen molar-refractivity contribution in [3.63, 3.8) is 0 Å². The lowest BCUT2D eigenvalue weighted by Crippen LogP contribution is -2.57. The maximum atomic E-state index is 12.7. The summed E-state index contributed by atoms with van der Waals surface area (Å²) in [6.45, 7) is 6.40. The molecule has 3 aliphatic heterocycles. The molecule has 6 heteroatoms. The van der Waals surface area contributed by atoms with E-state index in [1.54, 1.807) is 4.31 Å². The van der Waals surface area contributed by atoms with Gasteiger partial charge in [0.15, 0.2) is 0 Å². The van der Waals surface area contributed by atoms with E-state index >= 15 is 0 Å². The zero-order valence-electron chi connectivity index (χ0n) is 13.0. The molecule has 0 aromatic carbocycles. The van der Waals surface area contributed by atoms with Crippen LogP contribution < -0.4 is 0 Å². The summed E-state index contributed by atoms with van der Waals surface area (Å²) < 4.78 is 32.5. The molecule has 0 aromatic rings. The Morgan fingerprint density at radius 3 is 2.67 bits per heavy atom. The Kier molecular flexibility index (Phi) is 4.88. The predicted octanol–water partition coefficient (Wildman–Crippen LogP) is 1.30. The molecule has 21 heavy (non-hydrogen) atoms. The normalized spacial score (nSPS) is 33.2. The molecule has 0 aromatic heterocycles. The third kappa shape index (κ3) is 3.60. The van der Waals surface area contributed by atoms with Crippen LogP contribution in [0.5, 0.6) is 0 Å². The van der Waals surface area contributed by atoms with Gasteiger partial charge in [0, 0.05) is 38.4 Å². The second-order valence-corrected chi connectivity index (χ2v) is 8.91. The quantitative estimate of drug-likeness (QED) is 0.784. The van der Waals surface area contributed by atoms with Gasteiger partial charge in [0.25, 0.3) is 0 Å². The Morgan fingerprint density at radius 2 is 1.90 bits per heavy atom. The molecule has 3 heterocycles. The minimum atomic E-state index is -3.10. The molecule has 3 saturated heterocycles. The molecule has 0 saturated carbocycles. The zero-order valence-corrected chi connectivity index (χ0v) is 13.9. The fourth-order valence-corrected chi connectivity index (χ4v) is 5.90. The highest BCUT2D eigenvalue weighted by atomic mass is 32.2. The Hall–Kier alpha value is -0.170. The molecule has 0 amide bonds. The average Bonchev–Trinajstić information content (AvgIpc) is 2.92. The van der Waals surface area contributed by atoms with Crippen molar-refractivity contribution in [2.75, 3.05) is 38.6 Å². The van der Waals surface area contributed by atoms with Gasteiger partial charge in [-0.2, -0.15) is 4.31 Å². The summed E-state index contributed by atoms with van der Waals surface area (Å²) in [5.41, 5.74) is 0. The second kappa shape index (κ2) is 6.52. The van der Waals surface area contributed by atoms with Crippen LogP contribution >= 0.6 is 0 Å². The number of sulfonamides is 1. The van der Waals surface area contributed by atoms with Crippen LogP contribution in [0, 0.1) is 5.92 Å². The molecule has 0 spiro atoms. The van der Waals surface area contributed by atoms with Crippen molar-refractivity contribution in [2.45, 2.75) is 51.1 Å². The molecule has 3 rings (SSSR count). The molecule has 5 nitrogen and oxygen atoms in total. The highest BCUT2D eigenvalue weighted by molar-refractivity contribution is 7.89. The minimum Gasteiger partial charge on any atom is -0.381 e. The van der Waals surface area contributed by atoms with E-state index in [0.717, 1.165) is 52.0 Å². The number of hydrogen-bond acceptors (Lipinski definition) is 4. The van der Waals surface area contributed by atoms with Gasteiger partial charge in [0.2, 0.25) is 10.0 Å². The lowest BCUT2D eigenvalue weighted by atomic mass is 9.98. The maximum Gasteiger partial charge on any atom is 0.214 e. The van der Waals surface area contributed by atoms with Crippen LogP contribution in [0.25, 0.3) is 0 Å². The van der Waals surface area contributed by atoms with Crippen LogP contribution in [0.15, 0.2) is 0 Å². The van der Waals surface area contributed by atoms with Gasteiger partial charge < -0.3 is 4.74 Å². The summed E-state index contributed by atoms with van der Waals surface area (Å²) in [5, 5.41) is 0. The molecule has 0 radical (unpaired) electrons. The Morgan fingerprint density at radius 1 is 1.14 bits per heavy atom. The summed E-state index contributed by atoms with van der Waals surface area (Å²) in [6.07, 6.45) is 5.19. The monoisotopic (exact) mass is 316 g/mol. The Balaban J connectivity index is 1.58. The van der Waals surface area contributed by atoms with Crippen molar-refractivity contribution in [1.29, 1.82) is 0 Å². The SMILES string of the molecule is C[C@@H]1CN2CCC[C@@H]2CN1S(=O)(=O)CCC1CCOCC1.